The molecular weight excluding hydrogens is 230 g/mol. The largest absolute Gasteiger partial charge is 0.359 e. The first-order chi connectivity index (χ1) is 8.17. The highest BCUT2D eigenvalue weighted by Gasteiger charge is 2.03. The van der Waals surface area contributed by atoms with E-state index in [-0.39, 0.29) is 5.57 Å². The highest BCUT2D eigenvalue weighted by atomic mass is 32.2. The summed E-state index contributed by atoms with van der Waals surface area (Å²) in [6.45, 7) is 4.24. The van der Waals surface area contributed by atoms with E-state index < -0.39 is 0 Å². The van der Waals surface area contributed by atoms with Gasteiger partial charge >= 0.3 is 0 Å². The first-order valence-electron chi connectivity index (χ1n) is 5.20. The number of para-hydroxylation sites is 1. The molecule has 0 heterocycles. The number of thioether (sulfide) groups is 1. The van der Waals surface area contributed by atoms with Gasteiger partial charge in [-0.2, -0.15) is 10.5 Å². The SMILES string of the molecule is CC(C)Sc1ccccc1NC=C(C#N)C#N. The highest BCUT2D eigenvalue weighted by molar-refractivity contribution is 8.00. The number of nitrogens with one attached hydrogen (secondary N) is 1. The van der Waals surface area contributed by atoms with E-state index in [4.69, 9.17) is 10.5 Å². The molecule has 3 nitrogen and oxygen atoms in total. The van der Waals surface area contributed by atoms with Crippen LogP contribution in [-0.2, 0) is 0 Å². The zero-order valence-corrected chi connectivity index (χ0v) is 10.6. The van der Waals surface area contributed by atoms with Crippen LogP contribution in [-0.4, -0.2) is 5.25 Å². The third-order valence-electron chi connectivity index (χ3n) is 1.86. The summed E-state index contributed by atoms with van der Waals surface area (Å²) in [4.78, 5) is 1.11. The average molecular weight is 243 g/mol. The van der Waals surface area contributed by atoms with Gasteiger partial charge in [0.1, 0.15) is 17.7 Å². The van der Waals surface area contributed by atoms with E-state index in [1.165, 1.54) is 6.20 Å². The van der Waals surface area contributed by atoms with Gasteiger partial charge in [0, 0.05) is 16.3 Å². The number of hydrogen-bond acceptors (Lipinski definition) is 4. The van der Waals surface area contributed by atoms with Crippen molar-refractivity contribution < 1.29 is 0 Å². The van der Waals surface area contributed by atoms with E-state index in [1.54, 1.807) is 11.8 Å². The Bertz CT molecular complexity index is 476. The van der Waals surface area contributed by atoms with Crippen LogP contribution in [0.3, 0.4) is 0 Å². The molecule has 0 atom stereocenters. The molecule has 0 aliphatic carbocycles. The third-order valence-corrected chi connectivity index (χ3v) is 2.94. The Morgan fingerprint density at radius 1 is 1.29 bits per heavy atom. The van der Waals surface area contributed by atoms with E-state index in [0.29, 0.717) is 5.25 Å². The van der Waals surface area contributed by atoms with Gasteiger partial charge in [-0.05, 0) is 12.1 Å². The lowest BCUT2D eigenvalue weighted by atomic mass is 10.3. The molecule has 0 bridgehead atoms. The van der Waals surface area contributed by atoms with Crippen molar-refractivity contribution in [3.05, 3.63) is 36.0 Å². The summed E-state index contributed by atoms with van der Waals surface area (Å²) in [7, 11) is 0. The number of hydrogen-bond donors (Lipinski definition) is 1. The van der Waals surface area contributed by atoms with E-state index >= 15 is 0 Å². The van der Waals surface area contributed by atoms with Gasteiger partial charge in [0.2, 0.25) is 0 Å². The molecule has 0 aliphatic heterocycles. The van der Waals surface area contributed by atoms with Crippen LogP contribution in [0.15, 0.2) is 40.9 Å². The summed E-state index contributed by atoms with van der Waals surface area (Å²) in [5.74, 6) is 0. The Balaban J connectivity index is 2.89. The van der Waals surface area contributed by atoms with Gasteiger partial charge in [0.05, 0.1) is 5.69 Å². The van der Waals surface area contributed by atoms with Crippen LogP contribution in [0.25, 0.3) is 0 Å². The van der Waals surface area contributed by atoms with Crippen molar-refractivity contribution in [1.29, 1.82) is 10.5 Å². The number of anilines is 1. The fourth-order valence-electron chi connectivity index (χ4n) is 1.18. The van der Waals surface area contributed by atoms with Crippen molar-refractivity contribution in [2.45, 2.75) is 24.0 Å². The predicted octanol–water partition coefficient (Wildman–Crippen LogP) is 3.53. The van der Waals surface area contributed by atoms with Crippen LogP contribution in [0.2, 0.25) is 0 Å². The first-order valence-corrected chi connectivity index (χ1v) is 6.08. The Hall–Kier alpha value is -1.91. The van der Waals surface area contributed by atoms with Crippen molar-refractivity contribution in [2.24, 2.45) is 0 Å². The van der Waals surface area contributed by atoms with Gasteiger partial charge < -0.3 is 5.32 Å². The zero-order chi connectivity index (χ0) is 12.7. The molecule has 86 valence electrons. The number of nitrogens with zero attached hydrogens (tertiary/aromatic N) is 2. The standard InChI is InChI=1S/C13H13N3S/c1-10(2)17-13-6-4-3-5-12(13)16-9-11(7-14)8-15/h3-6,9-10,16H,1-2H3. The molecule has 1 aromatic carbocycles. The van der Waals surface area contributed by atoms with Crippen LogP contribution in [0.4, 0.5) is 5.69 Å². The maximum atomic E-state index is 8.63. The molecule has 0 aliphatic rings. The minimum absolute atomic E-state index is 0.0642. The van der Waals surface area contributed by atoms with E-state index in [9.17, 15) is 0 Å². The molecule has 4 heteroatoms. The Kier molecular flexibility index (Phi) is 5.13. The average Bonchev–Trinajstić information content (AvgIpc) is 2.31. The van der Waals surface area contributed by atoms with Crippen molar-refractivity contribution in [3.63, 3.8) is 0 Å². The van der Waals surface area contributed by atoms with Gasteiger partial charge in [-0.1, -0.05) is 26.0 Å². The second-order valence-corrected chi connectivity index (χ2v) is 5.21. The molecule has 0 amide bonds. The zero-order valence-electron chi connectivity index (χ0n) is 9.77. The fraction of sp³-hybridized carbons (Fsp3) is 0.231. The summed E-state index contributed by atoms with van der Waals surface area (Å²) in [5.41, 5.74) is 0.976. The summed E-state index contributed by atoms with van der Waals surface area (Å²) in [6, 6.07) is 11.4. The van der Waals surface area contributed by atoms with Crippen LogP contribution in [0, 0.1) is 22.7 Å². The summed E-state index contributed by atoms with van der Waals surface area (Å²) in [5, 5.41) is 20.7. The minimum atomic E-state index is 0.0642. The van der Waals surface area contributed by atoms with Crippen LogP contribution in [0.5, 0.6) is 0 Å². The predicted molar refractivity (Wildman–Crippen MR) is 70.4 cm³/mol. The van der Waals surface area contributed by atoms with Gasteiger partial charge in [0.15, 0.2) is 0 Å². The molecule has 1 rings (SSSR count). The quantitative estimate of drug-likeness (QED) is 0.649. The smallest absolute Gasteiger partial charge is 0.145 e. The lowest BCUT2D eigenvalue weighted by Crippen LogP contribution is -1.94. The van der Waals surface area contributed by atoms with Gasteiger partial charge in [-0.15, -0.1) is 11.8 Å². The number of rotatable bonds is 4. The summed E-state index contributed by atoms with van der Waals surface area (Å²) in [6.07, 6.45) is 1.43. The van der Waals surface area contributed by atoms with Crippen molar-refractivity contribution in [3.8, 4) is 12.1 Å². The second-order valence-electron chi connectivity index (χ2n) is 3.59. The topological polar surface area (TPSA) is 59.6 Å². The van der Waals surface area contributed by atoms with E-state index in [2.05, 4.69) is 19.2 Å². The monoisotopic (exact) mass is 243 g/mol. The second kappa shape index (κ2) is 6.62. The first kappa shape index (κ1) is 13.2. The summed E-state index contributed by atoms with van der Waals surface area (Å²) < 4.78 is 0. The number of allylic oxidation sites excluding steroid dienone is 1. The molecule has 17 heavy (non-hydrogen) atoms. The molecule has 0 fully saturated rings. The van der Waals surface area contributed by atoms with E-state index in [1.807, 2.05) is 36.4 Å². The van der Waals surface area contributed by atoms with Crippen LogP contribution in [0.1, 0.15) is 13.8 Å². The molecule has 0 saturated carbocycles. The van der Waals surface area contributed by atoms with Crippen molar-refractivity contribution in [1.82, 2.24) is 0 Å². The maximum absolute atomic E-state index is 8.63. The molecular formula is C13H13N3S. The van der Waals surface area contributed by atoms with Crippen molar-refractivity contribution >= 4 is 17.4 Å². The fourth-order valence-corrected chi connectivity index (χ4v) is 2.10. The van der Waals surface area contributed by atoms with Crippen molar-refractivity contribution in [2.75, 3.05) is 5.32 Å². The Morgan fingerprint density at radius 2 is 1.94 bits per heavy atom. The Labute approximate surface area is 106 Å². The van der Waals surface area contributed by atoms with Gasteiger partial charge in [-0.3, -0.25) is 0 Å². The number of nitriles is 2. The molecule has 0 unspecified atom stereocenters. The molecule has 0 spiro atoms. The molecule has 0 aromatic heterocycles. The Morgan fingerprint density at radius 3 is 2.53 bits per heavy atom. The normalized spacial score (nSPS) is 9.24. The maximum Gasteiger partial charge on any atom is 0.145 e. The third kappa shape index (κ3) is 4.22. The molecule has 1 N–H and O–H groups in total. The molecule has 1 aromatic rings. The molecule has 0 saturated heterocycles. The van der Waals surface area contributed by atoms with E-state index in [0.717, 1.165) is 10.6 Å². The van der Waals surface area contributed by atoms with Gasteiger partial charge in [0.25, 0.3) is 0 Å². The highest BCUT2D eigenvalue weighted by Crippen LogP contribution is 2.30. The van der Waals surface area contributed by atoms with Gasteiger partial charge in [-0.25, -0.2) is 0 Å². The number of benzene rings is 1. The summed E-state index contributed by atoms with van der Waals surface area (Å²) >= 11 is 1.73. The van der Waals surface area contributed by atoms with Crippen LogP contribution >= 0.6 is 11.8 Å². The minimum Gasteiger partial charge on any atom is -0.359 e. The molecule has 0 radical (unpaired) electrons. The van der Waals surface area contributed by atoms with Crippen LogP contribution < -0.4 is 5.32 Å². The lowest BCUT2D eigenvalue weighted by Gasteiger charge is -2.10. The lowest BCUT2D eigenvalue weighted by molar-refractivity contribution is 1.11.